The van der Waals surface area contributed by atoms with Crippen molar-refractivity contribution in [3.63, 3.8) is 0 Å². The molecule has 0 atom stereocenters. The van der Waals surface area contributed by atoms with Crippen LogP contribution in [0.1, 0.15) is 16.1 Å². The number of hydrogen-bond acceptors (Lipinski definition) is 4. The standard InChI is InChI=1S/C12H9FO5S/c13-9-4-2-1-3-8(9)7-19(16,17)11-6-5-10(18-11)12(14)15/h1-6H,7H2,(H,14,15). The second kappa shape index (κ2) is 4.85. The summed E-state index contributed by atoms with van der Waals surface area (Å²) in [6.45, 7) is 0. The third-order valence-electron chi connectivity index (χ3n) is 2.40. The molecule has 100 valence electrons. The lowest BCUT2D eigenvalue weighted by atomic mass is 10.2. The van der Waals surface area contributed by atoms with Crippen molar-refractivity contribution in [3.8, 4) is 0 Å². The third-order valence-corrected chi connectivity index (χ3v) is 3.93. The Hall–Kier alpha value is -2.15. The van der Waals surface area contributed by atoms with Crippen molar-refractivity contribution in [3.05, 3.63) is 53.5 Å². The van der Waals surface area contributed by atoms with Crippen molar-refractivity contribution in [2.45, 2.75) is 10.8 Å². The highest BCUT2D eigenvalue weighted by molar-refractivity contribution is 7.90. The molecular formula is C12H9FO5S. The van der Waals surface area contributed by atoms with Gasteiger partial charge in [0.15, 0.2) is 0 Å². The van der Waals surface area contributed by atoms with Gasteiger partial charge in [0.2, 0.25) is 20.7 Å². The number of hydrogen-bond donors (Lipinski definition) is 1. The predicted octanol–water partition coefficient (Wildman–Crippen LogP) is 2.09. The van der Waals surface area contributed by atoms with Crippen molar-refractivity contribution >= 4 is 15.8 Å². The molecule has 0 aliphatic heterocycles. The van der Waals surface area contributed by atoms with E-state index >= 15 is 0 Å². The van der Waals surface area contributed by atoms with Gasteiger partial charge < -0.3 is 9.52 Å². The van der Waals surface area contributed by atoms with E-state index in [-0.39, 0.29) is 5.56 Å². The molecule has 19 heavy (non-hydrogen) atoms. The molecular weight excluding hydrogens is 275 g/mol. The van der Waals surface area contributed by atoms with E-state index in [1.807, 2.05) is 0 Å². The first-order valence-corrected chi connectivity index (χ1v) is 6.84. The minimum absolute atomic E-state index is 0.00391. The second-order valence-corrected chi connectivity index (χ2v) is 5.69. The number of benzene rings is 1. The SMILES string of the molecule is O=C(O)c1ccc(S(=O)(=O)Cc2ccccc2F)o1. The summed E-state index contributed by atoms with van der Waals surface area (Å²) in [5, 5.41) is 8.16. The first-order valence-electron chi connectivity index (χ1n) is 5.19. The van der Waals surface area contributed by atoms with Gasteiger partial charge in [0, 0.05) is 5.56 Å². The third kappa shape index (κ3) is 2.82. The molecule has 0 saturated heterocycles. The molecule has 0 amide bonds. The fourth-order valence-electron chi connectivity index (χ4n) is 1.49. The first kappa shape index (κ1) is 13.3. The van der Waals surface area contributed by atoms with E-state index in [4.69, 9.17) is 9.52 Å². The number of sulfone groups is 1. The van der Waals surface area contributed by atoms with E-state index in [2.05, 4.69) is 0 Å². The molecule has 0 bridgehead atoms. The maximum atomic E-state index is 13.4. The molecule has 0 spiro atoms. The van der Waals surface area contributed by atoms with Crippen LogP contribution in [0.3, 0.4) is 0 Å². The Morgan fingerprint density at radius 3 is 2.47 bits per heavy atom. The fourth-order valence-corrected chi connectivity index (χ4v) is 2.77. The number of aromatic carboxylic acids is 1. The highest BCUT2D eigenvalue weighted by atomic mass is 32.2. The quantitative estimate of drug-likeness (QED) is 0.929. The van der Waals surface area contributed by atoms with E-state index in [0.717, 1.165) is 18.2 Å². The molecule has 5 nitrogen and oxygen atoms in total. The number of carboxylic acid groups (broad SMARTS) is 1. The Kier molecular flexibility index (Phi) is 3.39. The van der Waals surface area contributed by atoms with Crippen molar-refractivity contribution in [1.82, 2.24) is 0 Å². The summed E-state index contributed by atoms with van der Waals surface area (Å²) in [6.07, 6.45) is 0. The number of halogens is 1. The van der Waals surface area contributed by atoms with E-state index in [1.165, 1.54) is 18.2 Å². The van der Waals surface area contributed by atoms with Crippen LogP contribution in [0.4, 0.5) is 4.39 Å². The van der Waals surface area contributed by atoms with Gasteiger partial charge in [-0.15, -0.1) is 0 Å². The molecule has 0 radical (unpaired) electrons. The minimum Gasteiger partial charge on any atom is -0.475 e. The molecule has 2 rings (SSSR count). The van der Waals surface area contributed by atoms with Crippen molar-refractivity contribution < 1.29 is 27.1 Å². The summed E-state index contributed by atoms with van der Waals surface area (Å²) in [5.41, 5.74) is -0.00391. The van der Waals surface area contributed by atoms with Gasteiger partial charge >= 0.3 is 5.97 Å². The topological polar surface area (TPSA) is 84.6 Å². The predicted molar refractivity (Wildman–Crippen MR) is 63.0 cm³/mol. The number of rotatable bonds is 4. The van der Waals surface area contributed by atoms with Gasteiger partial charge in [-0.25, -0.2) is 17.6 Å². The highest BCUT2D eigenvalue weighted by Gasteiger charge is 2.22. The Bertz CT molecular complexity index is 717. The largest absolute Gasteiger partial charge is 0.475 e. The average molecular weight is 284 g/mol. The molecule has 0 aliphatic carbocycles. The van der Waals surface area contributed by atoms with Crippen LogP contribution in [-0.4, -0.2) is 19.5 Å². The normalized spacial score (nSPS) is 11.4. The Morgan fingerprint density at radius 1 is 1.21 bits per heavy atom. The second-order valence-electron chi connectivity index (χ2n) is 3.77. The summed E-state index contributed by atoms with van der Waals surface area (Å²) < 4.78 is 42.0. The van der Waals surface area contributed by atoms with Crippen LogP contribution in [0.5, 0.6) is 0 Å². The van der Waals surface area contributed by atoms with Gasteiger partial charge in [-0.3, -0.25) is 0 Å². The fraction of sp³-hybridized carbons (Fsp3) is 0.0833. The molecule has 7 heteroatoms. The molecule has 0 saturated carbocycles. The summed E-state index contributed by atoms with van der Waals surface area (Å²) in [5.74, 6) is -3.08. The lowest BCUT2D eigenvalue weighted by molar-refractivity contribution is 0.0656. The maximum absolute atomic E-state index is 13.4. The van der Waals surface area contributed by atoms with Gasteiger partial charge in [-0.05, 0) is 18.2 Å². The Morgan fingerprint density at radius 2 is 1.89 bits per heavy atom. The van der Waals surface area contributed by atoms with Crippen LogP contribution >= 0.6 is 0 Å². The van der Waals surface area contributed by atoms with Crippen LogP contribution in [0.2, 0.25) is 0 Å². The van der Waals surface area contributed by atoms with E-state index in [0.29, 0.717) is 0 Å². The minimum atomic E-state index is -3.92. The Labute approximate surface area is 108 Å². The molecule has 1 heterocycles. The van der Waals surface area contributed by atoms with Gasteiger partial charge in [0.25, 0.3) is 0 Å². The Balaban J connectivity index is 2.32. The summed E-state index contributed by atoms with van der Waals surface area (Å²) in [4.78, 5) is 10.6. The number of carboxylic acids is 1. The van der Waals surface area contributed by atoms with Crippen LogP contribution in [0, 0.1) is 5.82 Å². The lowest BCUT2D eigenvalue weighted by Gasteiger charge is -2.02. The van der Waals surface area contributed by atoms with Gasteiger partial charge in [-0.2, -0.15) is 0 Å². The van der Waals surface area contributed by atoms with Crippen molar-refractivity contribution in [1.29, 1.82) is 0 Å². The van der Waals surface area contributed by atoms with Crippen LogP contribution in [0.25, 0.3) is 0 Å². The van der Waals surface area contributed by atoms with Gasteiger partial charge in [-0.1, -0.05) is 18.2 Å². The van der Waals surface area contributed by atoms with Crippen LogP contribution in [-0.2, 0) is 15.6 Å². The van der Waals surface area contributed by atoms with E-state index in [1.54, 1.807) is 0 Å². The molecule has 1 N–H and O–H groups in total. The van der Waals surface area contributed by atoms with Crippen molar-refractivity contribution in [2.75, 3.05) is 0 Å². The molecule has 0 aliphatic rings. The molecule has 0 fully saturated rings. The van der Waals surface area contributed by atoms with Gasteiger partial charge in [0.1, 0.15) is 5.82 Å². The number of carbonyl (C=O) groups is 1. The van der Waals surface area contributed by atoms with Crippen LogP contribution < -0.4 is 0 Å². The van der Waals surface area contributed by atoms with Gasteiger partial charge in [0.05, 0.1) is 5.75 Å². The summed E-state index contributed by atoms with van der Waals surface area (Å²) in [6, 6.07) is 7.53. The zero-order chi connectivity index (χ0) is 14.0. The summed E-state index contributed by atoms with van der Waals surface area (Å²) in [7, 11) is -3.92. The van der Waals surface area contributed by atoms with E-state index < -0.39 is 38.2 Å². The highest BCUT2D eigenvalue weighted by Crippen LogP contribution is 2.20. The zero-order valence-corrected chi connectivity index (χ0v) is 10.4. The molecule has 2 aromatic rings. The molecule has 0 unspecified atom stereocenters. The molecule has 1 aromatic carbocycles. The lowest BCUT2D eigenvalue weighted by Crippen LogP contribution is -2.05. The smallest absolute Gasteiger partial charge is 0.371 e. The maximum Gasteiger partial charge on any atom is 0.371 e. The molecule has 1 aromatic heterocycles. The zero-order valence-electron chi connectivity index (χ0n) is 9.54. The number of furan rings is 1. The van der Waals surface area contributed by atoms with E-state index in [9.17, 15) is 17.6 Å². The van der Waals surface area contributed by atoms with Crippen LogP contribution in [0.15, 0.2) is 45.9 Å². The van der Waals surface area contributed by atoms with Crippen molar-refractivity contribution in [2.24, 2.45) is 0 Å². The first-order chi connectivity index (χ1) is 8.90. The monoisotopic (exact) mass is 284 g/mol. The average Bonchev–Trinajstić information content (AvgIpc) is 2.82. The summed E-state index contributed by atoms with van der Waals surface area (Å²) >= 11 is 0.